The third kappa shape index (κ3) is 2.25. The van der Waals surface area contributed by atoms with Crippen molar-refractivity contribution in [2.45, 2.75) is 0 Å². The molecule has 7 nitrogen and oxygen atoms in total. The Bertz CT molecular complexity index is 757. The summed E-state index contributed by atoms with van der Waals surface area (Å²) in [7, 11) is 0. The van der Waals surface area contributed by atoms with Gasteiger partial charge in [-0.2, -0.15) is 4.98 Å². The van der Waals surface area contributed by atoms with Crippen molar-refractivity contribution in [1.29, 1.82) is 0 Å². The summed E-state index contributed by atoms with van der Waals surface area (Å²) >= 11 is 0. The van der Waals surface area contributed by atoms with E-state index in [1.807, 2.05) is 18.2 Å². The van der Waals surface area contributed by atoms with Gasteiger partial charge in [0.05, 0.1) is 0 Å². The summed E-state index contributed by atoms with van der Waals surface area (Å²) in [5.74, 6) is 1.41. The van der Waals surface area contributed by atoms with Crippen LogP contribution in [0.2, 0.25) is 0 Å². The van der Waals surface area contributed by atoms with Gasteiger partial charge in [-0.25, -0.2) is 9.98 Å². The van der Waals surface area contributed by atoms with Gasteiger partial charge in [0.1, 0.15) is 5.69 Å². The minimum absolute atomic E-state index is 0.00627. The topological polar surface area (TPSA) is 89.4 Å². The van der Waals surface area contributed by atoms with Crippen LogP contribution in [-0.2, 0) is 0 Å². The minimum Gasteiger partial charge on any atom is -0.492 e. The number of nitrogens with zero attached hydrogens (tertiary/aromatic N) is 4. The molecule has 0 aliphatic carbocycles. The Balaban J connectivity index is 1.65. The van der Waals surface area contributed by atoms with Gasteiger partial charge in [-0.3, -0.25) is 0 Å². The lowest BCUT2D eigenvalue weighted by Crippen LogP contribution is -2.44. The van der Waals surface area contributed by atoms with Crippen molar-refractivity contribution in [3.8, 4) is 5.88 Å². The highest BCUT2D eigenvalue weighted by atomic mass is 16.3. The number of aromatic hydroxyl groups is 1. The molecule has 4 rings (SSSR count). The maximum atomic E-state index is 10.1. The zero-order chi connectivity index (χ0) is 14.9. The quantitative estimate of drug-likeness (QED) is 0.774. The summed E-state index contributed by atoms with van der Waals surface area (Å²) in [6.07, 6.45) is 5.32. The molecule has 3 N–H and O–H groups in total. The summed E-state index contributed by atoms with van der Waals surface area (Å²) < 4.78 is 0. The normalized spacial score (nSPS) is 18.9. The van der Waals surface area contributed by atoms with Gasteiger partial charge in [0, 0.05) is 49.7 Å². The molecular weight excluding hydrogens is 280 g/mol. The van der Waals surface area contributed by atoms with E-state index in [2.05, 4.69) is 30.2 Å². The molecule has 0 amide bonds. The molecule has 0 bridgehead atoms. The van der Waals surface area contributed by atoms with Gasteiger partial charge < -0.3 is 20.3 Å². The van der Waals surface area contributed by atoms with E-state index >= 15 is 0 Å². The van der Waals surface area contributed by atoms with E-state index in [0.717, 1.165) is 37.3 Å². The Morgan fingerprint density at radius 2 is 2.14 bits per heavy atom. The molecule has 7 heteroatoms. The van der Waals surface area contributed by atoms with Gasteiger partial charge in [-0.15, -0.1) is 0 Å². The molecule has 0 radical (unpaired) electrons. The lowest BCUT2D eigenvalue weighted by atomic mass is 10.1. The summed E-state index contributed by atoms with van der Waals surface area (Å²) in [6.45, 7) is 3.58. The van der Waals surface area contributed by atoms with Crippen molar-refractivity contribution in [3.05, 3.63) is 29.6 Å². The maximum Gasteiger partial charge on any atom is 0.238 e. The van der Waals surface area contributed by atoms with Gasteiger partial charge in [-0.05, 0) is 18.2 Å². The number of piperazine rings is 1. The Morgan fingerprint density at radius 1 is 1.27 bits per heavy atom. The summed E-state index contributed by atoms with van der Waals surface area (Å²) in [5, 5.41) is 13.4. The molecule has 2 aromatic rings. The van der Waals surface area contributed by atoms with Crippen molar-refractivity contribution < 1.29 is 5.11 Å². The number of H-pyrrole nitrogens is 1. The van der Waals surface area contributed by atoms with Crippen molar-refractivity contribution in [2.24, 2.45) is 4.99 Å². The van der Waals surface area contributed by atoms with E-state index in [9.17, 15) is 5.11 Å². The minimum atomic E-state index is 0.00627. The molecule has 0 aromatic carbocycles. The molecule has 0 saturated carbocycles. The first kappa shape index (κ1) is 13.0. The second kappa shape index (κ2) is 5.27. The number of hydrogen-bond donors (Lipinski definition) is 3. The Kier molecular flexibility index (Phi) is 3.12. The monoisotopic (exact) mass is 296 g/mol. The molecule has 1 saturated heterocycles. The second-order valence-electron chi connectivity index (χ2n) is 5.27. The molecular formula is C15H16N6O. The summed E-state index contributed by atoms with van der Waals surface area (Å²) in [6, 6.07) is 3.84. The maximum absolute atomic E-state index is 10.1. The van der Waals surface area contributed by atoms with Crippen LogP contribution in [-0.4, -0.2) is 52.5 Å². The zero-order valence-electron chi connectivity index (χ0n) is 12.0. The lowest BCUT2D eigenvalue weighted by molar-refractivity contribution is 0.454. The van der Waals surface area contributed by atoms with E-state index in [1.165, 1.54) is 0 Å². The number of nitrogens with one attached hydrogen (secondary N) is 2. The van der Waals surface area contributed by atoms with Gasteiger partial charge in [0.15, 0.2) is 5.82 Å². The first-order valence-corrected chi connectivity index (χ1v) is 7.27. The SMILES string of the molecule is Oc1nc(N2CCNCC2)[nH]c1/C=C1\C=Nc2ncccc21. The van der Waals surface area contributed by atoms with Crippen LogP contribution < -0.4 is 10.2 Å². The standard InChI is InChI=1S/C15H16N6O/c22-14-12(19-15(20-14)21-6-4-16-5-7-21)8-10-9-18-13-11(10)2-1-3-17-13/h1-3,8-9,16,22H,4-7H2,(H,19,20)/b10-8+. The molecule has 2 aliphatic rings. The fraction of sp³-hybridized carbons (Fsp3) is 0.267. The zero-order valence-corrected chi connectivity index (χ0v) is 12.0. The van der Waals surface area contributed by atoms with E-state index in [1.54, 1.807) is 12.4 Å². The first-order chi connectivity index (χ1) is 10.8. The van der Waals surface area contributed by atoms with E-state index in [4.69, 9.17) is 0 Å². The number of pyridine rings is 1. The smallest absolute Gasteiger partial charge is 0.238 e. The third-order valence-electron chi connectivity index (χ3n) is 3.84. The predicted octanol–water partition coefficient (Wildman–Crippen LogP) is 1.18. The van der Waals surface area contributed by atoms with E-state index in [0.29, 0.717) is 17.5 Å². The van der Waals surface area contributed by atoms with Crippen molar-refractivity contribution in [1.82, 2.24) is 20.3 Å². The number of anilines is 1. The van der Waals surface area contributed by atoms with E-state index < -0.39 is 0 Å². The van der Waals surface area contributed by atoms with E-state index in [-0.39, 0.29) is 5.88 Å². The predicted molar refractivity (Wildman–Crippen MR) is 85.6 cm³/mol. The van der Waals surface area contributed by atoms with Crippen LogP contribution in [0.4, 0.5) is 11.8 Å². The van der Waals surface area contributed by atoms with Crippen molar-refractivity contribution in [3.63, 3.8) is 0 Å². The summed E-state index contributed by atoms with van der Waals surface area (Å²) in [4.78, 5) is 18.0. The molecule has 4 heterocycles. The number of aliphatic imine (C=N–C) groups is 1. The van der Waals surface area contributed by atoms with Crippen LogP contribution in [0, 0.1) is 0 Å². The van der Waals surface area contributed by atoms with Gasteiger partial charge in [0.2, 0.25) is 11.8 Å². The van der Waals surface area contributed by atoms with Crippen LogP contribution in [0.3, 0.4) is 0 Å². The highest BCUT2D eigenvalue weighted by Gasteiger charge is 2.18. The second-order valence-corrected chi connectivity index (χ2v) is 5.27. The van der Waals surface area contributed by atoms with Gasteiger partial charge in [0.25, 0.3) is 0 Å². The molecule has 2 aliphatic heterocycles. The average molecular weight is 296 g/mol. The Hall–Kier alpha value is -2.67. The number of aromatic nitrogens is 3. The molecule has 0 unspecified atom stereocenters. The van der Waals surface area contributed by atoms with Crippen LogP contribution in [0.15, 0.2) is 23.3 Å². The average Bonchev–Trinajstić information content (AvgIpc) is 3.13. The first-order valence-electron chi connectivity index (χ1n) is 7.27. The molecule has 2 aromatic heterocycles. The number of allylic oxidation sites excluding steroid dienone is 1. The Morgan fingerprint density at radius 3 is 3.00 bits per heavy atom. The molecule has 0 atom stereocenters. The third-order valence-corrected chi connectivity index (χ3v) is 3.84. The van der Waals surface area contributed by atoms with Gasteiger partial charge >= 0.3 is 0 Å². The van der Waals surface area contributed by atoms with Crippen LogP contribution >= 0.6 is 0 Å². The number of hydrogen-bond acceptors (Lipinski definition) is 6. The molecule has 1 fully saturated rings. The highest BCUT2D eigenvalue weighted by Crippen LogP contribution is 2.31. The number of aromatic amines is 1. The highest BCUT2D eigenvalue weighted by molar-refractivity contribution is 6.20. The van der Waals surface area contributed by atoms with Crippen molar-refractivity contribution in [2.75, 3.05) is 31.1 Å². The van der Waals surface area contributed by atoms with Crippen molar-refractivity contribution >= 4 is 29.6 Å². The Labute approximate surface area is 127 Å². The molecule has 0 spiro atoms. The van der Waals surface area contributed by atoms with Crippen LogP contribution in [0.5, 0.6) is 5.88 Å². The van der Waals surface area contributed by atoms with Crippen LogP contribution in [0.25, 0.3) is 11.6 Å². The fourth-order valence-electron chi connectivity index (χ4n) is 2.69. The largest absolute Gasteiger partial charge is 0.492 e. The molecule has 112 valence electrons. The molecule has 22 heavy (non-hydrogen) atoms. The van der Waals surface area contributed by atoms with Crippen LogP contribution in [0.1, 0.15) is 11.3 Å². The van der Waals surface area contributed by atoms with Gasteiger partial charge in [-0.1, -0.05) is 0 Å². The summed E-state index contributed by atoms with van der Waals surface area (Å²) in [5.41, 5.74) is 2.46. The number of imidazole rings is 1. The number of rotatable bonds is 2. The lowest BCUT2D eigenvalue weighted by Gasteiger charge is -2.26. The number of fused-ring (bicyclic) bond motifs is 1. The fourth-order valence-corrected chi connectivity index (χ4v) is 2.69.